The maximum Gasteiger partial charge on any atom is 0.341 e. The number of halogens is 1. The molecule has 0 aliphatic carbocycles. The van der Waals surface area contributed by atoms with Gasteiger partial charge in [-0.3, -0.25) is 14.9 Å². The van der Waals surface area contributed by atoms with E-state index in [0.717, 1.165) is 6.07 Å². The normalized spacial score (nSPS) is 9.62. The molecule has 0 spiro atoms. The largest absolute Gasteiger partial charge is 0.488 e. The van der Waals surface area contributed by atoms with Gasteiger partial charge in [0.05, 0.1) is 4.92 Å². The third-order valence-electron chi connectivity index (χ3n) is 1.28. The first-order valence-corrected chi connectivity index (χ1v) is 3.43. The molecule has 1 heterocycles. The summed E-state index contributed by atoms with van der Waals surface area (Å²) in [6, 6.07) is 1.01. The number of hydrogen-bond acceptors (Lipinski definition) is 5. The van der Waals surface area contributed by atoms with Crippen LogP contribution in [0.15, 0.2) is 6.07 Å². The van der Waals surface area contributed by atoms with E-state index in [-0.39, 0.29) is 17.0 Å². The van der Waals surface area contributed by atoms with Crippen molar-refractivity contribution in [2.45, 2.75) is 0 Å². The van der Waals surface area contributed by atoms with Gasteiger partial charge in [-0.25, -0.2) is 0 Å². The highest BCUT2D eigenvalue weighted by Crippen LogP contribution is 2.28. The molecule has 7 heteroatoms. The Kier molecular flexibility index (Phi) is 2.43. The molecule has 1 aromatic rings. The van der Waals surface area contributed by atoms with Crippen LogP contribution in [0.25, 0.3) is 0 Å². The van der Waals surface area contributed by atoms with Gasteiger partial charge in [-0.2, -0.15) is 4.98 Å². The van der Waals surface area contributed by atoms with Crippen LogP contribution in [0.5, 0.6) is 5.88 Å². The second-order valence-corrected chi connectivity index (χ2v) is 2.47. The summed E-state index contributed by atoms with van der Waals surface area (Å²) in [5.41, 5.74) is -1.04. The quantitative estimate of drug-likeness (QED) is 0.336. The van der Waals surface area contributed by atoms with Crippen molar-refractivity contribution in [1.29, 1.82) is 0 Å². The third kappa shape index (κ3) is 1.73. The van der Waals surface area contributed by atoms with E-state index < -0.39 is 16.5 Å². The van der Waals surface area contributed by atoms with Crippen LogP contribution >= 0.6 is 11.6 Å². The zero-order chi connectivity index (χ0) is 10.0. The minimum atomic E-state index is -0.900. The maximum atomic E-state index is 10.3. The van der Waals surface area contributed by atoms with Crippen molar-refractivity contribution in [2.24, 2.45) is 0 Å². The Morgan fingerprint density at radius 3 is 2.77 bits per heavy atom. The molecule has 68 valence electrons. The lowest BCUT2D eigenvalue weighted by atomic mass is 10.2. The molecule has 0 aliphatic heterocycles. The summed E-state index contributed by atoms with van der Waals surface area (Å²) in [5.74, 6) is -0.861. The molecule has 1 aromatic heterocycles. The standard InChI is InChI=1S/C6H3ClN2O4/c7-4-1-3(2-10)5(9(12)13)6(11)8-4/h1-2H,(H,8,11). The fourth-order valence-electron chi connectivity index (χ4n) is 0.789. The average molecular weight is 203 g/mol. The molecule has 0 atom stereocenters. The van der Waals surface area contributed by atoms with E-state index in [9.17, 15) is 14.9 Å². The molecular formula is C6H3ClN2O4. The number of hydrogen-bond donors (Lipinski definition) is 1. The zero-order valence-corrected chi connectivity index (χ0v) is 6.85. The number of nitro groups is 1. The number of nitrogens with zero attached hydrogens (tertiary/aromatic N) is 2. The van der Waals surface area contributed by atoms with Crippen molar-refractivity contribution in [1.82, 2.24) is 4.98 Å². The SMILES string of the molecule is O=Cc1cc(Cl)nc(O)c1[N+](=O)[O-]. The van der Waals surface area contributed by atoms with Gasteiger partial charge < -0.3 is 5.11 Å². The summed E-state index contributed by atoms with van der Waals surface area (Å²) < 4.78 is 0. The van der Waals surface area contributed by atoms with Crippen molar-refractivity contribution >= 4 is 23.6 Å². The lowest BCUT2D eigenvalue weighted by molar-refractivity contribution is -0.386. The van der Waals surface area contributed by atoms with Gasteiger partial charge in [0.15, 0.2) is 6.29 Å². The van der Waals surface area contributed by atoms with Crippen LogP contribution < -0.4 is 0 Å². The lowest BCUT2D eigenvalue weighted by Gasteiger charge is -1.97. The van der Waals surface area contributed by atoms with Crippen molar-refractivity contribution in [3.05, 3.63) is 26.9 Å². The topological polar surface area (TPSA) is 93.3 Å². The Morgan fingerprint density at radius 2 is 2.31 bits per heavy atom. The van der Waals surface area contributed by atoms with Crippen LogP contribution in [0, 0.1) is 10.1 Å². The van der Waals surface area contributed by atoms with Crippen molar-refractivity contribution in [3.8, 4) is 5.88 Å². The van der Waals surface area contributed by atoms with E-state index in [0.29, 0.717) is 0 Å². The molecule has 0 saturated heterocycles. The van der Waals surface area contributed by atoms with Gasteiger partial charge in [0, 0.05) is 0 Å². The maximum absolute atomic E-state index is 10.3. The molecule has 0 radical (unpaired) electrons. The van der Waals surface area contributed by atoms with E-state index in [2.05, 4.69) is 4.98 Å². The smallest absolute Gasteiger partial charge is 0.341 e. The highest BCUT2D eigenvalue weighted by molar-refractivity contribution is 6.29. The molecule has 1 rings (SSSR count). The predicted octanol–water partition coefficient (Wildman–Crippen LogP) is 1.16. The van der Waals surface area contributed by atoms with Gasteiger partial charge in [0.2, 0.25) is 0 Å². The van der Waals surface area contributed by atoms with Gasteiger partial charge in [-0.15, -0.1) is 0 Å². The van der Waals surface area contributed by atoms with E-state index in [1.807, 2.05) is 0 Å². The Bertz CT molecular complexity index is 379. The molecule has 0 aromatic carbocycles. The molecule has 0 unspecified atom stereocenters. The monoisotopic (exact) mass is 202 g/mol. The lowest BCUT2D eigenvalue weighted by Crippen LogP contribution is -1.96. The number of pyridine rings is 1. The molecule has 0 amide bonds. The molecule has 0 fully saturated rings. The van der Waals surface area contributed by atoms with Crippen LogP contribution in [-0.2, 0) is 0 Å². The molecule has 13 heavy (non-hydrogen) atoms. The number of aldehydes is 1. The van der Waals surface area contributed by atoms with Crippen molar-refractivity contribution < 1.29 is 14.8 Å². The first-order valence-electron chi connectivity index (χ1n) is 3.05. The van der Waals surface area contributed by atoms with E-state index >= 15 is 0 Å². The molecule has 1 N–H and O–H groups in total. The van der Waals surface area contributed by atoms with Gasteiger partial charge in [-0.1, -0.05) is 11.6 Å². The number of carbonyl (C=O) groups is 1. The van der Waals surface area contributed by atoms with Crippen LogP contribution in [0.1, 0.15) is 10.4 Å². The van der Waals surface area contributed by atoms with Crippen LogP contribution in [0.3, 0.4) is 0 Å². The zero-order valence-electron chi connectivity index (χ0n) is 6.10. The summed E-state index contributed by atoms with van der Waals surface area (Å²) >= 11 is 5.35. The minimum Gasteiger partial charge on any atom is -0.488 e. The molecule has 0 bridgehead atoms. The van der Waals surface area contributed by atoms with Crippen LogP contribution in [-0.4, -0.2) is 21.3 Å². The van der Waals surface area contributed by atoms with Gasteiger partial charge >= 0.3 is 5.69 Å². The summed E-state index contributed by atoms with van der Waals surface area (Å²) in [6.07, 6.45) is 0.228. The Balaban J connectivity index is 3.47. The van der Waals surface area contributed by atoms with Crippen molar-refractivity contribution in [2.75, 3.05) is 0 Å². The van der Waals surface area contributed by atoms with E-state index in [4.69, 9.17) is 16.7 Å². The van der Waals surface area contributed by atoms with Gasteiger partial charge in [-0.05, 0) is 6.07 Å². The molecule has 6 nitrogen and oxygen atoms in total. The minimum absolute atomic E-state index is 0.176. The number of rotatable bonds is 2. The summed E-state index contributed by atoms with van der Waals surface area (Å²) in [4.78, 5) is 23.0. The van der Waals surface area contributed by atoms with Crippen molar-refractivity contribution in [3.63, 3.8) is 0 Å². The summed E-state index contributed by atoms with van der Waals surface area (Å²) in [5, 5.41) is 19.1. The van der Waals surface area contributed by atoms with Gasteiger partial charge in [0.1, 0.15) is 10.7 Å². The van der Waals surface area contributed by atoms with Crippen LogP contribution in [0.2, 0.25) is 5.15 Å². The fourth-order valence-corrected chi connectivity index (χ4v) is 0.987. The highest BCUT2D eigenvalue weighted by Gasteiger charge is 2.21. The first-order chi connectivity index (χ1) is 6.06. The summed E-state index contributed by atoms with van der Waals surface area (Å²) in [7, 11) is 0. The first kappa shape index (κ1) is 9.40. The third-order valence-corrected chi connectivity index (χ3v) is 1.48. The second kappa shape index (κ2) is 3.36. The molecule has 0 saturated carbocycles. The second-order valence-electron chi connectivity index (χ2n) is 2.08. The Hall–Kier alpha value is -1.69. The Labute approximate surface area is 76.9 Å². The summed E-state index contributed by atoms with van der Waals surface area (Å²) in [6.45, 7) is 0. The number of aromatic hydroxyl groups is 1. The van der Waals surface area contributed by atoms with E-state index in [1.165, 1.54) is 0 Å². The van der Waals surface area contributed by atoms with Gasteiger partial charge in [0.25, 0.3) is 5.88 Å². The number of aromatic nitrogens is 1. The highest BCUT2D eigenvalue weighted by atomic mass is 35.5. The molecular weight excluding hydrogens is 200 g/mol. The predicted molar refractivity (Wildman–Crippen MR) is 43.0 cm³/mol. The number of carbonyl (C=O) groups excluding carboxylic acids is 1. The Morgan fingerprint density at radius 1 is 1.69 bits per heavy atom. The van der Waals surface area contributed by atoms with E-state index in [1.54, 1.807) is 0 Å². The average Bonchev–Trinajstić information content (AvgIpc) is 2.01. The molecule has 0 aliphatic rings. The van der Waals surface area contributed by atoms with Crippen LogP contribution in [0.4, 0.5) is 5.69 Å². The fraction of sp³-hybridized carbons (Fsp3) is 0.